The van der Waals surface area contributed by atoms with Crippen molar-refractivity contribution in [3.63, 3.8) is 0 Å². The monoisotopic (exact) mass is 294 g/mol. The number of nitrogens with zero attached hydrogens (tertiary/aromatic N) is 1. The number of nitrogens with one attached hydrogen (secondary N) is 1. The molecule has 0 aliphatic carbocycles. The number of para-hydroxylation sites is 1. The van der Waals surface area contributed by atoms with E-state index in [0.29, 0.717) is 6.54 Å². The van der Waals surface area contributed by atoms with Crippen LogP contribution in [-0.2, 0) is 11.2 Å². The molecule has 2 unspecified atom stereocenters. The molecular formula is C16H26N2O3. The Labute approximate surface area is 126 Å². The standard InChI is InChI=1S/C16H26N2O3/c1-12(10-13-8-6-7-9-14(13)21-5)18(4)11-16(2,17-3)15(19)20/h6-9,12,17H,10-11H2,1-5H3,(H,19,20). The van der Waals surface area contributed by atoms with E-state index in [1.165, 1.54) is 0 Å². The SMILES string of the molecule is CNC(C)(CN(C)C(C)Cc1ccccc1OC)C(=O)O. The molecule has 1 aromatic carbocycles. The highest BCUT2D eigenvalue weighted by molar-refractivity contribution is 5.78. The summed E-state index contributed by atoms with van der Waals surface area (Å²) < 4.78 is 5.36. The van der Waals surface area contributed by atoms with E-state index in [0.717, 1.165) is 17.7 Å². The number of hydrogen-bond donors (Lipinski definition) is 2. The largest absolute Gasteiger partial charge is 0.496 e. The van der Waals surface area contributed by atoms with Crippen molar-refractivity contribution in [3.05, 3.63) is 29.8 Å². The lowest BCUT2D eigenvalue weighted by Crippen LogP contribution is -2.56. The zero-order chi connectivity index (χ0) is 16.0. The predicted octanol–water partition coefficient (Wildman–Crippen LogP) is 1.62. The minimum absolute atomic E-state index is 0.202. The molecule has 2 atom stereocenters. The van der Waals surface area contributed by atoms with Crippen LogP contribution >= 0.6 is 0 Å². The van der Waals surface area contributed by atoms with Gasteiger partial charge in [-0.1, -0.05) is 18.2 Å². The van der Waals surface area contributed by atoms with Crippen LogP contribution in [0.4, 0.5) is 0 Å². The van der Waals surface area contributed by atoms with Gasteiger partial charge in [-0.25, -0.2) is 0 Å². The molecule has 0 heterocycles. The number of methoxy groups -OCH3 is 1. The van der Waals surface area contributed by atoms with E-state index < -0.39 is 11.5 Å². The number of ether oxygens (including phenoxy) is 1. The normalized spacial score (nSPS) is 15.5. The summed E-state index contributed by atoms with van der Waals surface area (Å²) in [4.78, 5) is 13.4. The molecule has 0 spiro atoms. The van der Waals surface area contributed by atoms with Crippen molar-refractivity contribution in [3.8, 4) is 5.75 Å². The number of likely N-dealkylation sites (N-methyl/N-ethyl adjacent to an activating group) is 2. The van der Waals surface area contributed by atoms with Gasteiger partial charge in [-0.3, -0.25) is 4.79 Å². The van der Waals surface area contributed by atoms with Gasteiger partial charge in [0.2, 0.25) is 0 Å². The minimum Gasteiger partial charge on any atom is -0.496 e. The summed E-state index contributed by atoms with van der Waals surface area (Å²) in [6, 6.07) is 8.11. The number of aliphatic carboxylic acids is 1. The number of hydrogen-bond acceptors (Lipinski definition) is 4. The zero-order valence-electron chi connectivity index (χ0n) is 13.5. The summed E-state index contributed by atoms with van der Waals surface area (Å²) in [5.41, 5.74) is 0.171. The lowest BCUT2D eigenvalue weighted by Gasteiger charge is -2.33. The molecule has 1 rings (SSSR count). The highest BCUT2D eigenvalue weighted by Gasteiger charge is 2.33. The number of benzene rings is 1. The van der Waals surface area contributed by atoms with Crippen molar-refractivity contribution in [1.29, 1.82) is 0 Å². The number of carbonyl (C=O) groups is 1. The third-order valence-electron chi connectivity index (χ3n) is 4.05. The minimum atomic E-state index is -0.955. The average molecular weight is 294 g/mol. The molecule has 0 aliphatic heterocycles. The Morgan fingerprint density at radius 3 is 2.62 bits per heavy atom. The summed E-state index contributed by atoms with van der Waals surface area (Å²) in [7, 11) is 5.28. The molecule has 21 heavy (non-hydrogen) atoms. The molecule has 0 bridgehead atoms. The Bertz CT molecular complexity index is 478. The fourth-order valence-electron chi connectivity index (χ4n) is 2.25. The van der Waals surface area contributed by atoms with Gasteiger partial charge in [0.05, 0.1) is 7.11 Å². The summed E-state index contributed by atoms with van der Waals surface area (Å²) >= 11 is 0. The molecule has 0 aliphatic rings. The summed E-state index contributed by atoms with van der Waals surface area (Å²) in [5, 5.41) is 12.2. The molecule has 0 fully saturated rings. The van der Waals surface area contributed by atoms with Crippen LogP contribution in [0.3, 0.4) is 0 Å². The Kier molecular flexibility index (Phi) is 6.18. The lowest BCUT2D eigenvalue weighted by molar-refractivity contribution is -0.144. The van der Waals surface area contributed by atoms with Gasteiger partial charge in [-0.05, 0) is 46.0 Å². The molecule has 5 heteroatoms. The second-order valence-corrected chi connectivity index (χ2v) is 5.67. The number of rotatable bonds is 8. The quantitative estimate of drug-likeness (QED) is 0.763. The average Bonchev–Trinajstić information content (AvgIpc) is 2.47. The van der Waals surface area contributed by atoms with Gasteiger partial charge in [0.25, 0.3) is 0 Å². The first-order valence-electron chi connectivity index (χ1n) is 7.08. The maximum Gasteiger partial charge on any atom is 0.324 e. The summed E-state index contributed by atoms with van der Waals surface area (Å²) in [6.45, 7) is 4.21. The van der Waals surface area contributed by atoms with Gasteiger partial charge >= 0.3 is 5.97 Å². The van der Waals surface area contributed by atoms with Gasteiger partial charge in [0, 0.05) is 12.6 Å². The van der Waals surface area contributed by atoms with Crippen LogP contribution in [0.1, 0.15) is 19.4 Å². The zero-order valence-corrected chi connectivity index (χ0v) is 13.5. The molecule has 5 nitrogen and oxygen atoms in total. The number of carboxylic acid groups (broad SMARTS) is 1. The van der Waals surface area contributed by atoms with Crippen molar-refractivity contribution < 1.29 is 14.6 Å². The van der Waals surface area contributed by atoms with Gasteiger partial charge in [-0.15, -0.1) is 0 Å². The van der Waals surface area contributed by atoms with E-state index in [2.05, 4.69) is 17.1 Å². The fraction of sp³-hybridized carbons (Fsp3) is 0.562. The Hall–Kier alpha value is -1.59. The highest BCUT2D eigenvalue weighted by atomic mass is 16.5. The fourth-order valence-corrected chi connectivity index (χ4v) is 2.25. The van der Waals surface area contributed by atoms with Crippen LogP contribution in [0.2, 0.25) is 0 Å². The highest BCUT2D eigenvalue weighted by Crippen LogP contribution is 2.20. The van der Waals surface area contributed by atoms with Crippen LogP contribution in [0.25, 0.3) is 0 Å². The van der Waals surface area contributed by atoms with E-state index in [1.54, 1.807) is 21.1 Å². The first kappa shape index (κ1) is 17.5. The second-order valence-electron chi connectivity index (χ2n) is 5.67. The summed E-state index contributed by atoms with van der Waals surface area (Å²) in [6.07, 6.45) is 0.805. The van der Waals surface area contributed by atoms with Crippen LogP contribution < -0.4 is 10.1 Å². The maximum atomic E-state index is 11.4. The van der Waals surface area contributed by atoms with Crippen LogP contribution in [0, 0.1) is 0 Å². The van der Waals surface area contributed by atoms with E-state index in [9.17, 15) is 9.90 Å². The Morgan fingerprint density at radius 1 is 1.48 bits per heavy atom. The molecule has 2 N–H and O–H groups in total. The van der Waals surface area contributed by atoms with Crippen LogP contribution in [0.15, 0.2) is 24.3 Å². The molecule has 0 amide bonds. The van der Waals surface area contributed by atoms with Crippen molar-refractivity contribution in [2.24, 2.45) is 0 Å². The molecule has 0 saturated heterocycles. The maximum absolute atomic E-state index is 11.4. The van der Waals surface area contributed by atoms with Gasteiger partial charge in [0.1, 0.15) is 11.3 Å². The van der Waals surface area contributed by atoms with Crippen molar-refractivity contribution >= 4 is 5.97 Å². The molecule has 0 radical (unpaired) electrons. The van der Waals surface area contributed by atoms with E-state index >= 15 is 0 Å². The Morgan fingerprint density at radius 2 is 2.10 bits per heavy atom. The van der Waals surface area contributed by atoms with E-state index in [-0.39, 0.29) is 6.04 Å². The first-order valence-corrected chi connectivity index (χ1v) is 7.08. The van der Waals surface area contributed by atoms with Crippen molar-refractivity contribution in [2.75, 3.05) is 27.7 Å². The van der Waals surface area contributed by atoms with Crippen LogP contribution in [0.5, 0.6) is 5.75 Å². The van der Waals surface area contributed by atoms with Crippen molar-refractivity contribution in [1.82, 2.24) is 10.2 Å². The van der Waals surface area contributed by atoms with Gasteiger partial charge in [0.15, 0.2) is 0 Å². The topological polar surface area (TPSA) is 61.8 Å². The Balaban J connectivity index is 2.75. The molecule has 0 aromatic heterocycles. The van der Waals surface area contributed by atoms with Crippen molar-refractivity contribution in [2.45, 2.75) is 31.8 Å². The van der Waals surface area contributed by atoms with E-state index in [1.807, 2.05) is 31.3 Å². The lowest BCUT2D eigenvalue weighted by atomic mass is 9.99. The molecule has 118 valence electrons. The molecular weight excluding hydrogens is 268 g/mol. The summed E-state index contributed by atoms with van der Waals surface area (Å²) in [5.74, 6) is 0.0219. The number of carboxylic acids is 1. The van der Waals surface area contributed by atoms with Gasteiger partial charge < -0.3 is 20.1 Å². The van der Waals surface area contributed by atoms with Gasteiger partial charge in [-0.2, -0.15) is 0 Å². The second kappa shape index (κ2) is 7.43. The third kappa shape index (κ3) is 4.44. The van der Waals surface area contributed by atoms with Crippen LogP contribution in [-0.4, -0.2) is 55.3 Å². The third-order valence-corrected chi connectivity index (χ3v) is 4.05. The van der Waals surface area contributed by atoms with E-state index in [4.69, 9.17) is 4.74 Å². The predicted molar refractivity (Wildman–Crippen MR) is 83.9 cm³/mol. The first-order chi connectivity index (χ1) is 9.84. The smallest absolute Gasteiger partial charge is 0.324 e. The molecule has 1 aromatic rings. The molecule has 0 saturated carbocycles.